The second kappa shape index (κ2) is 5.85. The van der Waals surface area contributed by atoms with Gasteiger partial charge in [0.05, 0.1) is 13.2 Å². The van der Waals surface area contributed by atoms with Crippen molar-refractivity contribution in [3.63, 3.8) is 0 Å². The first-order valence-electron chi connectivity index (χ1n) is 8.48. The SMILES string of the molecule is CC(C)[C@@H]1CC[C@]2(C)C(CCC3OCCO3)=CC(=O)C[C@@H]12. The topological polar surface area (TPSA) is 35.5 Å². The highest BCUT2D eigenvalue weighted by atomic mass is 16.7. The van der Waals surface area contributed by atoms with Gasteiger partial charge >= 0.3 is 0 Å². The summed E-state index contributed by atoms with van der Waals surface area (Å²) in [5.41, 5.74) is 1.58. The molecule has 0 aromatic carbocycles. The lowest BCUT2D eigenvalue weighted by Crippen LogP contribution is -2.35. The minimum Gasteiger partial charge on any atom is -0.350 e. The van der Waals surface area contributed by atoms with Crippen LogP contribution in [0.2, 0.25) is 0 Å². The van der Waals surface area contributed by atoms with Crippen LogP contribution < -0.4 is 0 Å². The van der Waals surface area contributed by atoms with Crippen LogP contribution in [-0.2, 0) is 14.3 Å². The Morgan fingerprint density at radius 2 is 2.05 bits per heavy atom. The monoisotopic (exact) mass is 292 g/mol. The van der Waals surface area contributed by atoms with Gasteiger partial charge in [0.25, 0.3) is 0 Å². The lowest BCUT2D eigenvalue weighted by Gasteiger charge is -2.40. The summed E-state index contributed by atoms with van der Waals surface area (Å²) < 4.78 is 11.1. The van der Waals surface area contributed by atoms with Gasteiger partial charge in [-0.2, -0.15) is 0 Å². The molecule has 2 fully saturated rings. The van der Waals surface area contributed by atoms with Crippen molar-refractivity contribution in [2.75, 3.05) is 13.2 Å². The maximum atomic E-state index is 12.2. The molecule has 3 nitrogen and oxygen atoms in total. The molecule has 0 unspecified atom stereocenters. The zero-order chi connectivity index (χ0) is 15.0. The van der Waals surface area contributed by atoms with Crippen LogP contribution >= 0.6 is 0 Å². The maximum absolute atomic E-state index is 12.2. The van der Waals surface area contributed by atoms with Crippen molar-refractivity contribution in [1.82, 2.24) is 0 Å². The summed E-state index contributed by atoms with van der Waals surface area (Å²) in [6, 6.07) is 0. The minimum atomic E-state index is -0.0627. The predicted octanol–water partition coefficient (Wildman–Crippen LogP) is 3.73. The van der Waals surface area contributed by atoms with E-state index < -0.39 is 0 Å². The van der Waals surface area contributed by atoms with E-state index in [0.717, 1.165) is 19.3 Å². The molecule has 21 heavy (non-hydrogen) atoms. The van der Waals surface area contributed by atoms with Crippen molar-refractivity contribution >= 4 is 5.78 Å². The normalized spacial score (nSPS) is 37.1. The van der Waals surface area contributed by atoms with E-state index in [-0.39, 0.29) is 11.7 Å². The van der Waals surface area contributed by atoms with Crippen LogP contribution in [0.5, 0.6) is 0 Å². The smallest absolute Gasteiger partial charge is 0.158 e. The van der Waals surface area contributed by atoms with Crippen LogP contribution in [0.25, 0.3) is 0 Å². The average Bonchev–Trinajstić information content (AvgIpc) is 3.04. The molecule has 118 valence electrons. The molecule has 0 radical (unpaired) electrons. The molecule has 0 amide bonds. The highest BCUT2D eigenvalue weighted by Crippen LogP contribution is 2.57. The zero-order valence-electron chi connectivity index (χ0n) is 13.6. The lowest BCUT2D eigenvalue weighted by atomic mass is 9.64. The van der Waals surface area contributed by atoms with Crippen LogP contribution in [-0.4, -0.2) is 25.3 Å². The average molecular weight is 292 g/mol. The van der Waals surface area contributed by atoms with E-state index in [4.69, 9.17) is 9.47 Å². The first-order chi connectivity index (χ1) is 10.0. The Bertz CT molecular complexity index is 434. The Kier molecular flexibility index (Phi) is 4.24. The third kappa shape index (κ3) is 2.83. The van der Waals surface area contributed by atoms with Gasteiger partial charge in [-0.1, -0.05) is 26.3 Å². The van der Waals surface area contributed by atoms with Crippen LogP contribution in [0.1, 0.15) is 52.9 Å². The summed E-state index contributed by atoms with van der Waals surface area (Å²) in [4.78, 5) is 12.2. The van der Waals surface area contributed by atoms with Crippen LogP contribution in [0, 0.1) is 23.2 Å². The number of ether oxygens (including phenoxy) is 2. The summed E-state index contributed by atoms with van der Waals surface area (Å²) in [7, 11) is 0. The third-order valence-corrected chi connectivity index (χ3v) is 6.02. The van der Waals surface area contributed by atoms with E-state index in [1.165, 1.54) is 18.4 Å². The fourth-order valence-electron chi connectivity index (χ4n) is 4.74. The molecule has 0 N–H and O–H groups in total. The van der Waals surface area contributed by atoms with E-state index in [2.05, 4.69) is 20.8 Å². The Hall–Kier alpha value is -0.670. The van der Waals surface area contributed by atoms with Gasteiger partial charge in [-0.15, -0.1) is 0 Å². The first kappa shape index (κ1) is 15.2. The number of allylic oxidation sites excluding steroid dienone is 2. The maximum Gasteiger partial charge on any atom is 0.158 e. The lowest BCUT2D eigenvalue weighted by molar-refractivity contribution is -0.117. The van der Waals surface area contributed by atoms with Crippen molar-refractivity contribution in [2.45, 2.75) is 59.2 Å². The number of carbonyl (C=O) groups excluding carboxylic acids is 1. The third-order valence-electron chi connectivity index (χ3n) is 6.02. The van der Waals surface area contributed by atoms with Gasteiger partial charge in [-0.3, -0.25) is 4.79 Å². The molecule has 2 aliphatic carbocycles. The standard InChI is InChI=1S/C18H28O3/c1-12(2)15-6-7-18(3)13(10-14(19)11-16(15)18)4-5-17-20-8-9-21-17/h10,12,15-17H,4-9,11H2,1-3H3/t15-,16-,18+/m0/s1. The van der Waals surface area contributed by atoms with E-state index in [9.17, 15) is 4.79 Å². The molecular weight excluding hydrogens is 264 g/mol. The first-order valence-corrected chi connectivity index (χ1v) is 8.48. The van der Waals surface area contributed by atoms with Crippen molar-refractivity contribution in [3.05, 3.63) is 11.6 Å². The van der Waals surface area contributed by atoms with E-state index in [1.54, 1.807) is 0 Å². The molecule has 3 heteroatoms. The Morgan fingerprint density at radius 1 is 1.33 bits per heavy atom. The van der Waals surface area contributed by atoms with Gasteiger partial charge in [0, 0.05) is 12.8 Å². The second-order valence-electron chi connectivity index (χ2n) is 7.52. The van der Waals surface area contributed by atoms with Gasteiger partial charge in [0.15, 0.2) is 12.1 Å². The van der Waals surface area contributed by atoms with E-state index in [1.807, 2.05) is 6.08 Å². The second-order valence-corrected chi connectivity index (χ2v) is 7.52. The van der Waals surface area contributed by atoms with E-state index >= 15 is 0 Å². The van der Waals surface area contributed by atoms with Crippen molar-refractivity contribution in [1.29, 1.82) is 0 Å². The molecule has 1 saturated carbocycles. The highest BCUT2D eigenvalue weighted by Gasteiger charge is 2.50. The fourth-order valence-corrected chi connectivity index (χ4v) is 4.74. The van der Waals surface area contributed by atoms with Gasteiger partial charge in [0.1, 0.15) is 0 Å². The summed E-state index contributed by atoms with van der Waals surface area (Å²) in [5.74, 6) is 2.23. The van der Waals surface area contributed by atoms with Crippen LogP contribution in [0.15, 0.2) is 11.6 Å². The molecule has 0 aromatic heterocycles. The van der Waals surface area contributed by atoms with Crippen molar-refractivity contribution in [2.24, 2.45) is 23.2 Å². The molecule has 0 aromatic rings. The number of ketones is 1. The molecule has 3 rings (SSSR count). The molecule has 3 aliphatic rings. The largest absolute Gasteiger partial charge is 0.350 e. The molecule has 1 saturated heterocycles. The van der Waals surface area contributed by atoms with Crippen molar-refractivity contribution in [3.8, 4) is 0 Å². The van der Waals surface area contributed by atoms with Gasteiger partial charge in [-0.05, 0) is 48.5 Å². The number of rotatable bonds is 4. The summed E-state index contributed by atoms with van der Waals surface area (Å²) in [6.07, 6.45) is 6.94. The van der Waals surface area contributed by atoms with Crippen LogP contribution in [0.3, 0.4) is 0 Å². The Balaban J connectivity index is 1.74. The molecule has 1 aliphatic heterocycles. The summed E-state index contributed by atoms with van der Waals surface area (Å²) in [5, 5.41) is 0. The summed E-state index contributed by atoms with van der Waals surface area (Å²) in [6.45, 7) is 8.41. The minimum absolute atomic E-state index is 0.0627. The number of hydrogen-bond donors (Lipinski definition) is 0. The molecule has 3 atom stereocenters. The van der Waals surface area contributed by atoms with Gasteiger partial charge in [-0.25, -0.2) is 0 Å². The Labute approximate surface area is 128 Å². The number of fused-ring (bicyclic) bond motifs is 1. The molecule has 1 heterocycles. The fraction of sp³-hybridized carbons (Fsp3) is 0.833. The van der Waals surface area contributed by atoms with Crippen molar-refractivity contribution < 1.29 is 14.3 Å². The van der Waals surface area contributed by atoms with Gasteiger partial charge < -0.3 is 9.47 Å². The quantitative estimate of drug-likeness (QED) is 0.792. The van der Waals surface area contributed by atoms with Crippen LogP contribution in [0.4, 0.5) is 0 Å². The van der Waals surface area contributed by atoms with Gasteiger partial charge in [0.2, 0.25) is 0 Å². The number of hydrogen-bond acceptors (Lipinski definition) is 3. The zero-order valence-corrected chi connectivity index (χ0v) is 13.6. The van der Waals surface area contributed by atoms with E-state index in [0.29, 0.717) is 36.8 Å². The summed E-state index contributed by atoms with van der Waals surface area (Å²) >= 11 is 0. The highest BCUT2D eigenvalue weighted by molar-refractivity contribution is 5.92. The number of carbonyl (C=O) groups is 1. The molecular formula is C18H28O3. The molecule has 0 bridgehead atoms. The Morgan fingerprint density at radius 3 is 2.71 bits per heavy atom. The predicted molar refractivity (Wildman–Crippen MR) is 81.8 cm³/mol. The molecule has 0 spiro atoms.